The molecule has 0 saturated carbocycles. The van der Waals surface area contributed by atoms with Gasteiger partial charge >= 0.3 is 5.97 Å². The van der Waals surface area contributed by atoms with Gasteiger partial charge in [-0.1, -0.05) is 12.1 Å². The van der Waals surface area contributed by atoms with Crippen LogP contribution in [0.2, 0.25) is 0 Å². The SMILES string of the molecule is COc1ccc(Cc2ncc(C(C)=O)c(C(=O)O)n2)cc1. The van der Waals surface area contributed by atoms with Crippen molar-refractivity contribution in [3.63, 3.8) is 0 Å². The van der Waals surface area contributed by atoms with E-state index in [0.29, 0.717) is 12.2 Å². The molecule has 6 heteroatoms. The van der Waals surface area contributed by atoms with Gasteiger partial charge in [-0.05, 0) is 24.6 Å². The molecule has 2 rings (SSSR count). The van der Waals surface area contributed by atoms with Gasteiger partial charge in [0.25, 0.3) is 0 Å². The van der Waals surface area contributed by atoms with Crippen molar-refractivity contribution in [3.05, 3.63) is 53.1 Å². The van der Waals surface area contributed by atoms with Crippen LogP contribution in [-0.4, -0.2) is 33.9 Å². The number of hydrogen-bond acceptors (Lipinski definition) is 5. The van der Waals surface area contributed by atoms with E-state index in [2.05, 4.69) is 9.97 Å². The van der Waals surface area contributed by atoms with Crippen LogP contribution in [0.25, 0.3) is 0 Å². The molecule has 6 nitrogen and oxygen atoms in total. The molecule has 0 atom stereocenters. The normalized spacial score (nSPS) is 10.2. The molecule has 2 aromatic rings. The molecule has 0 aliphatic heterocycles. The highest BCUT2D eigenvalue weighted by Gasteiger charge is 2.17. The van der Waals surface area contributed by atoms with Gasteiger partial charge in [0.05, 0.1) is 12.7 Å². The van der Waals surface area contributed by atoms with Crippen LogP contribution >= 0.6 is 0 Å². The number of aromatic carboxylic acids is 1. The first kappa shape index (κ1) is 14.6. The molecule has 0 unspecified atom stereocenters. The molecule has 0 radical (unpaired) electrons. The molecule has 1 heterocycles. The van der Waals surface area contributed by atoms with Crippen LogP contribution in [0.5, 0.6) is 5.75 Å². The quantitative estimate of drug-likeness (QED) is 0.845. The first-order valence-electron chi connectivity index (χ1n) is 6.24. The zero-order valence-corrected chi connectivity index (χ0v) is 11.7. The van der Waals surface area contributed by atoms with E-state index >= 15 is 0 Å². The molecular weight excluding hydrogens is 272 g/mol. The topological polar surface area (TPSA) is 89.4 Å². The van der Waals surface area contributed by atoms with Crippen molar-refractivity contribution in [2.45, 2.75) is 13.3 Å². The first-order chi connectivity index (χ1) is 10.0. The van der Waals surface area contributed by atoms with Crippen molar-refractivity contribution in [2.75, 3.05) is 7.11 Å². The van der Waals surface area contributed by atoms with E-state index in [1.54, 1.807) is 19.2 Å². The van der Waals surface area contributed by atoms with Crippen LogP contribution in [0.3, 0.4) is 0 Å². The van der Waals surface area contributed by atoms with Gasteiger partial charge in [-0.25, -0.2) is 14.8 Å². The van der Waals surface area contributed by atoms with Crippen molar-refractivity contribution in [3.8, 4) is 5.75 Å². The fourth-order valence-corrected chi connectivity index (χ4v) is 1.85. The summed E-state index contributed by atoms with van der Waals surface area (Å²) in [6, 6.07) is 7.30. The number of benzene rings is 1. The molecule has 1 aromatic heterocycles. The Kier molecular flexibility index (Phi) is 4.27. The summed E-state index contributed by atoms with van der Waals surface area (Å²) in [5.74, 6) is -0.526. The number of ether oxygens (including phenoxy) is 1. The number of carboxylic acid groups (broad SMARTS) is 1. The summed E-state index contributed by atoms with van der Waals surface area (Å²) in [6.45, 7) is 1.29. The van der Waals surface area contributed by atoms with Gasteiger partial charge in [0.1, 0.15) is 11.6 Å². The molecule has 21 heavy (non-hydrogen) atoms. The number of Topliss-reactive ketones (excluding diaryl/α,β-unsaturated/α-hetero) is 1. The highest BCUT2D eigenvalue weighted by Crippen LogP contribution is 2.14. The fraction of sp³-hybridized carbons (Fsp3) is 0.200. The molecular formula is C15H14N2O4. The molecule has 0 spiro atoms. The maximum atomic E-state index is 11.4. The van der Waals surface area contributed by atoms with E-state index < -0.39 is 5.97 Å². The van der Waals surface area contributed by atoms with Crippen LogP contribution in [0.1, 0.15) is 39.2 Å². The Morgan fingerprint density at radius 2 is 1.90 bits per heavy atom. The smallest absolute Gasteiger partial charge is 0.355 e. The fourth-order valence-electron chi connectivity index (χ4n) is 1.85. The van der Waals surface area contributed by atoms with Gasteiger partial charge < -0.3 is 9.84 Å². The van der Waals surface area contributed by atoms with Crippen LogP contribution < -0.4 is 4.74 Å². The minimum absolute atomic E-state index is 0.0148. The Bertz CT molecular complexity index is 681. The average molecular weight is 286 g/mol. The summed E-state index contributed by atoms with van der Waals surface area (Å²) in [5, 5.41) is 9.11. The Labute approximate surface area is 121 Å². The molecule has 1 aromatic carbocycles. The summed E-state index contributed by atoms with van der Waals surface area (Å²) in [7, 11) is 1.58. The molecule has 108 valence electrons. The van der Waals surface area contributed by atoms with Gasteiger partial charge in [-0.15, -0.1) is 0 Å². The predicted octanol–water partition coefficient (Wildman–Crippen LogP) is 1.98. The second-order valence-electron chi connectivity index (χ2n) is 4.43. The van der Waals surface area contributed by atoms with Crippen molar-refractivity contribution in [1.29, 1.82) is 0 Å². The van der Waals surface area contributed by atoms with E-state index in [4.69, 9.17) is 9.84 Å². The van der Waals surface area contributed by atoms with Crippen molar-refractivity contribution in [2.24, 2.45) is 0 Å². The monoisotopic (exact) mass is 286 g/mol. The predicted molar refractivity (Wildman–Crippen MR) is 74.8 cm³/mol. The number of carbonyl (C=O) groups excluding carboxylic acids is 1. The zero-order chi connectivity index (χ0) is 15.4. The van der Waals surface area contributed by atoms with Gasteiger partial charge in [0, 0.05) is 12.6 Å². The van der Waals surface area contributed by atoms with Gasteiger partial charge in [-0.3, -0.25) is 4.79 Å². The van der Waals surface area contributed by atoms with Gasteiger partial charge in [0.15, 0.2) is 11.5 Å². The molecule has 0 aliphatic carbocycles. The number of ketones is 1. The third-order valence-corrected chi connectivity index (χ3v) is 2.94. The van der Waals surface area contributed by atoms with Gasteiger partial charge in [0.2, 0.25) is 0 Å². The van der Waals surface area contributed by atoms with E-state index in [0.717, 1.165) is 11.3 Å². The molecule has 1 N–H and O–H groups in total. The average Bonchev–Trinajstić information content (AvgIpc) is 2.47. The zero-order valence-electron chi connectivity index (χ0n) is 11.7. The molecule has 0 fully saturated rings. The maximum absolute atomic E-state index is 11.4. The summed E-state index contributed by atoms with van der Waals surface area (Å²) in [4.78, 5) is 30.5. The van der Waals surface area contributed by atoms with E-state index in [9.17, 15) is 9.59 Å². The summed E-state index contributed by atoms with van der Waals surface area (Å²) in [6.07, 6.45) is 1.64. The molecule has 0 aliphatic rings. The molecule has 0 saturated heterocycles. The number of rotatable bonds is 5. The second kappa shape index (κ2) is 6.13. The largest absolute Gasteiger partial charge is 0.497 e. The number of carbonyl (C=O) groups is 2. The summed E-state index contributed by atoms with van der Waals surface area (Å²) >= 11 is 0. The van der Waals surface area contributed by atoms with Gasteiger partial charge in [-0.2, -0.15) is 0 Å². The van der Waals surface area contributed by atoms with Crippen molar-refractivity contribution >= 4 is 11.8 Å². The van der Waals surface area contributed by atoms with Crippen LogP contribution in [0.4, 0.5) is 0 Å². The third-order valence-electron chi connectivity index (χ3n) is 2.94. The Hall–Kier alpha value is -2.76. The number of carboxylic acids is 1. The lowest BCUT2D eigenvalue weighted by Crippen LogP contribution is -2.12. The van der Waals surface area contributed by atoms with E-state index in [-0.39, 0.29) is 17.0 Å². The Morgan fingerprint density at radius 1 is 1.24 bits per heavy atom. The summed E-state index contributed by atoms with van der Waals surface area (Å²) in [5.41, 5.74) is 0.671. The minimum Gasteiger partial charge on any atom is -0.497 e. The maximum Gasteiger partial charge on any atom is 0.355 e. The number of hydrogen-bond donors (Lipinski definition) is 1. The molecule has 0 amide bonds. The lowest BCUT2D eigenvalue weighted by molar-refractivity contribution is 0.0685. The lowest BCUT2D eigenvalue weighted by Gasteiger charge is -2.06. The van der Waals surface area contributed by atoms with Crippen molar-refractivity contribution < 1.29 is 19.4 Å². The Balaban J connectivity index is 2.29. The number of nitrogens with zero attached hydrogens (tertiary/aromatic N) is 2. The molecule has 0 bridgehead atoms. The lowest BCUT2D eigenvalue weighted by atomic mass is 10.1. The highest BCUT2D eigenvalue weighted by molar-refractivity contribution is 6.03. The summed E-state index contributed by atoms with van der Waals surface area (Å²) < 4.78 is 5.07. The number of aromatic nitrogens is 2. The van der Waals surface area contributed by atoms with Crippen molar-refractivity contribution in [1.82, 2.24) is 9.97 Å². The van der Waals surface area contributed by atoms with Crippen LogP contribution in [0.15, 0.2) is 30.5 Å². The number of methoxy groups -OCH3 is 1. The standard InChI is InChI=1S/C15H14N2O4/c1-9(18)12-8-16-13(17-14(12)15(19)20)7-10-3-5-11(21-2)6-4-10/h3-6,8H,7H2,1-2H3,(H,19,20). The first-order valence-corrected chi connectivity index (χ1v) is 6.24. The van der Waals surface area contributed by atoms with Crippen LogP contribution in [0, 0.1) is 0 Å². The third kappa shape index (κ3) is 3.42. The minimum atomic E-state index is -1.24. The highest BCUT2D eigenvalue weighted by atomic mass is 16.5. The van der Waals surface area contributed by atoms with E-state index in [1.165, 1.54) is 13.1 Å². The van der Waals surface area contributed by atoms with E-state index in [1.807, 2.05) is 12.1 Å². The second-order valence-corrected chi connectivity index (χ2v) is 4.43. The Morgan fingerprint density at radius 3 is 2.43 bits per heavy atom. The van der Waals surface area contributed by atoms with Crippen LogP contribution in [-0.2, 0) is 6.42 Å².